The lowest BCUT2D eigenvalue weighted by molar-refractivity contribution is 0.112. The van der Waals surface area contributed by atoms with E-state index in [1.807, 2.05) is 6.07 Å². The number of hydrogen-bond donors (Lipinski definition) is 0. The number of nitrogens with zero attached hydrogens (tertiary/aromatic N) is 2. The van der Waals surface area contributed by atoms with Crippen LogP contribution in [0.3, 0.4) is 0 Å². The van der Waals surface area contributed by atoms with Gasteiger partial charge < -0.3 is 4.74 Å². The van der Waals surface area contributed by atoms with E-state index in [1.54, 1.807) is 30.3 Å². The summed E-state index contributed by atoms with van der Waals surface area (Å²) in [5.74, 6) is 0.936. The van der Waals surface area contributed by atoms with Crippen molar-refractivity contribution in [1.82, 2.24) is 4.98 Å². The van der Waals surface area contributed by atoms with Gasteiger partial charge in [-0.2, -0.15) is 5.26 Å². The first-order valence-electron chi connectivity index (χ1n) is 5.01. The fourth-order valence-corrected chi connectivity index (χ4v) is 1.75. The summed E-state index contributed by atoms with van der Waals surface area (Å²) in [5.41, 5.74) is 1.03. The quantitative estimate of drug-likeness (QED) is 0.816. The van der Waals surface area contributed by atoms with Crippen molar-refractivity contribution in [2.75, 3.05) is 0 Å². The van der Waals surface area contributed by atoms with E-state index >= 15 is 0 Å². The lowest BCUT2D eigenvalue weighted by Crippen LogP contribution is -1.90. The standard InChI is InChI=1S/C13H7BrN2O2/c14-11-5-9(6-15)1-3-12(11)18-13-4-2-10(8-17)7-16-13/h1-5,7-8H. The molecular weight excluding hydrogens is 296 g/mol. The summed E-state index contributed by atoms with van der Waals surface area (Å²) >= 11 is 3.31. The molecule has 1 heterocycles. The van der Waals surface area contributed by atoms with E-state index < -0.39 is 0 Å². The van der Waals surface area contributed by atoms with Crippen LogP contribution in [0.4, 0.5) is 0 Å². The van der Waals surface area contributed by atoms with E-state index in [0.717, 1.165) is 0 Å². The molecule has 2 aromatic rings. The Labute approximate surface area is 112 Å². The zero-order valence-corrected chi connectivity index (χ0v) is 10.7. The smallest absolute Gasteiger partial charge is 0.219 e. The predicted molar refractivity (Wildman–Crippen MR) is 68.6 cm³/mol. The van der Waals surface area contributed by atoms with Gasteiger partial charge >= 0.3 is 0 Å². The lowest BCUT2D eigenvalue weighted by atomic mass is 10.2. The van der Waals surface area contributed by atoms with E-state index in [9.17, 15) is 4.79 Å². The Hall–Kier alpha value is -2.19. The van der Waals surface area contributed by atoms with Crippen LogP contribution in [-0.2, 0) is 0 Å². The molecular formula is C13H7BrN2O2. The van der Waals surface area contributed by atoms with E-state index in [0.29, 0.717) is 33.5 Å². The van der Waals surface area contributed by atoms with Crippen LogP contribution in [0.25, 0.3) is 0 Å². The highest BCUT2D eigenvalue weighted by atomic mass is 79.9. The van der Waals surface area contributed by atoms with E-state index in [2.05, 4.69) is 20.9 Å². The molecule has 88 valence electrons. The number of rotatable bonds is 3. The molecule has 5 heteroatoms. The van der Waals surface area contributed by atoms with Gasteiger partial charge in [-0.25, -0.2) is 4.98 Å². The van der Waals surface area contributed by atoms with Crippen LogP contribution >= 0.6 is 15.9 Å². The molecule has 4 nitrogen and oxygen atoms in total. The molecule has 0 radical (unpaired) electrons. The largest absolute Gasteiger partial charge is 0.438 e. The Bertz CT molecular complexity index is 618. The topological polar surface area (TPSA) is 63.0 Å². The third kappa shape index (κ3) is 2.73. The van der Waals surface area contributed by atoms with Gasteiger partial charge in [-0.05, 0) is 40.2 Å². The second-order valence-electron chi connectivity index (χ2n) is 3.41. The van der Waals surface area contributed by atoms with Gasteiger partial charge in [-0.15, -0.1) is 0 Å². The van der Waals surface area contributed by atoms with Crippen molar-refractivity contribution in [3.05, 3.63) is 52.1 Å². The summed E-state index contributed by atoms with van der Waals surface area (Å²) in [5, 5.41) is 8.74. The number of hydrogen-bond acceptors (Lipinski definition) is 4. The summed E-state index contributed by atoms with van der Waals surface area (Å²) in [6.07, 6.45) is 2.15. The Morgan fingerprint density at radius 1 is 1.33 bits per heavy atom. The Kier molecular flexibility index (Phi) is 3.70. The van der Waals surface area contributed by atoms with E-state index in [-0.39, 0.29) is 0 Å². The molecule has 0 spiro atoms. The minimum Gasteiger partial charge on any atom is -0.438 e. The van der Waals surface area contributed by atoms with Crippen LogP contribution in [0, 0.1) is 11.3 Å². The Morgan fingerprint density at radius 2 is 2.17 bits per heavy atom. The van der Waals surface area contributed by atoms with Gasteiger partial charge in [0.05, 0.1) is 16.1 Å². The number of ether oxygens (including phenoxy) is 1. The number of carbonyl (C=O) groups is 1. The summed E-state index contributed by atoms with van der Waals surface area (Å²) in [6.45, 7) is 0. The van der Waals surface area contributed by atoms with Crippen LogP contribution < -0.4 is 4.74 Å². The maximum Gasteiger partial charge on any atom is 0.219 e. The van der Waals surface area contributed by atoms with Crippen LogP contribution in [0.15, 0.2) is 41.0 Å². The van der Waals surface area contributed by atoms with Crippen molar-refractivity contribution < 1.29 is 9.53 Å². The molecule has 0 N–H and O–H groups in total. The van der Waals surface area contributed by atoms with Gasteiger partial charge in [0.25, 0.3) is 0 Å². The van der Waals surface area contributed by atoms with Gasteiger partial charge in [0, 0.05) is 17.8 Å². The number of pyridine rings is 1. The summed E-state index contributed by atoms with van der Waals surface area (Å²) in [6, 6.07) is 10.3. The molecule has 0 aliphatic carbocycles. The molecule has 18 heavy (non-hydrogen) atoms. The first-order chi connectivity index (χ1) is 8.72. The summed E-state index contributed by atoms with van der Waals surface area (Å²) in [4.78, 5) is 14.5. The first-order valence-corrected chi connectivity index (χ1v) is 5.81. The van der Waals surface area contributed by atoms with Crippen molar-refractivity contribution in [3.63, 3.8) is 0 Å². The lowest BCUT2D eigenvalue weighted by Gasteiger charge is -2.06. The van der Waals surface area contributed by atoms with Gasteiger partial charge in [0.15, 0.2) is 6.29 Å². The van der Waals surface area contributed by atoms with Gasteiger partial charge in [0.2, 0.25) is 5.88 Å². The highest BCUT2D eigenvalue weighted by Crippen LogP contribution is 2.29. The molecule has 0 unspecified atom stereocenters. The maximum atomic E-state index is 10.5. The Balaban J connectivity index is 2.23. The van der Waals surface area contributed by atoms with Crippen LogP contribution in [0.5, 0.6) is 11.6 Å². The number of carbonyl (C=O) groups excluding carboxylic acids is 1. The summed E-state index contributed by atoms with van der Waals surface area (Å²) in [7, 11) is 0. The van der Waals surface area contributed by atoms with E-state index in [1.165, 1.54) is 6.20 Å². The van der Waals surface area contributed by atoms with Crippen LogP contribution in [0.2, 0.25) is 0 Å². The van der Waals surface area contributed by atoms with Gasteiger partial charge in [-0.3, -0.25) is 4.79 Å². The predicted octanol–water partition coefficient (Wildman–Crippen LogP) is 3.32. The minimum atomic E-state index is 0.381. The van der Waals surface area contributed by atoms with Crippen molar-refractivity contribution in [3.8, 4) is 17.7 Å². The molecule has 0 aliphatic rings. The molecule has 1 aromatic heterocycles. The van der Waals surface area contributed by atoms with Crippen molar-refractivity contribution in [1.29, 1.82) is 5.26 Å². The van der Waals surface area contributed by atoms with Crippen LogP contribution in [-0.4, -0.2) is 11.3 Å². The SMILES string of the molecule is N#Cc1ccc(Oc2ccc(C=O)cn2)c(Br)c1. The second-order valence-corrected chi connectivity index (χ2v) is 4.26. The minimum absolute atomic E-state index is 0.381. The molecule has 0 bridgehead atoms. The Morgan fingerprint density at radius 3 is 2.72 bits per heavy atom. The molecule has 0 fully saturated rings. The number of nitriles is 1. The molecule has 1 aromatic carbocycles. The fourth-order valence-electron chi connectivity index (χ4n) is 1.29. The maximum absolute atomic E-state index is 10.5. The van der Waals surface area contributed by atoms with Gasteiger partial charge in [-0.1, -0.05) is 0 Å². The number of benzene rings is 1. The normalized spacial score (nSPS) is 9.56. The van der Waals surface area contributed by atoms with Crippen molar-refractivity contribution in [2.45, 2.75) is 0 Å². The number of aromatic nitrogens is 1. The molecule has 0 saturated heterocycles. The zero-order chi connectivity index (χ0) is 13.0. The molecule has 0 amide bonds. The first kappa shape index (κ1) is 12.3. The average molecular weight is 303 g/mol. The summed E-state index contributed by atoms with van der Waals surface area (Å²) < 4.78 is 6.19. The zero-order valence-electron chi connectivity index (χ0n) is 9.13. The van der Waals surface area contributed by atoms with Crippen LogP contribution in [0.1, 0.15) is 15.9 Å². The third-order valence-corrected chi connectivity index (χ3v) is 2.79. The monoisotopic (exact) mass is 302 g/mol. The average Bonchev–Trinajstić information content (AvgIpc) is 2.42. The van der Waals surface area contributed by atoms with Crippen molar-refractivity contribution >= 4 is 22.2 Å². The highest BCUT2D eigenvalue weighted by molar-refractivity contribution is 9.10. The second kappa shape index (κ2) is 5.43. The van der Waals surface area contributed by atoms with Gasteiger partial charge in [0.1, 0.15) is 5.75 Å². The van der Waals surface area contributed by atoms with Crippen molar-refractivity contribution in [2.24, 2.45) is 0 Å². The number of halogens is 1. The number of aldehydes is 1. The third-order valence-electron chi connectivity index (χ3n) is 2.17. The fraction of sp³-hybridized carbons (Fsp3) is 0. The molecule has 2 rings (SSSR count). The highest BCUT2D eigenvalue weighted by Gasteiger charge is 2.05. The molecule has 0 atom stereocenters. The molecule has 0 aliphatic heterocycles. The van der Waals surface area contributed by atoms with E-state index in [4.69, 9.17) is 10.00 Å². The molecule has 0 saturated carbocycles.